The molecule has 0 bridgehead atoms. The van der Waals surface area contributed by atoms with Crippen LogP contribution >= 0.6 is 0 Å². The number of benzene rings is 1. The summed E-state index contributed by atoms with van der Waals surface area (Å²) in [5.41, 5.74) is 8.92. The monoisotopic (exact) mass is 277 g/mol. The van der Waals surface area contributed by atoms with Crippen LogP contribution in [0, 0.1) is 11.8 Å². The van der Waals surface area contributed by atoms with E-state index in [1.807, 2.05) is 6.07 Å². The maximum atomic E-state index is 11.3. The van der Waals surface area contributed by atoms with Gasteiger partial charge in [-0.25, -0.2) is 4.79 Å². The van der Waals surface area contributed by atoms with Crippen molar-refractivity contribution in [1.82, 2.24) is 4.98 Å². The Bertz CT molecular complexity index is 630. The standard InChI is InChI=1S/C15H23N3O2/c1-9(2)7-18(8-10(3)4)13-6-12-14(5-11(13)16)20-15(19)17-12/h5-6,9-10H,7-8,16H2,1-4H3,(H,17,19). The number of aromatic nitrogens is 1. The number of hydrogen-bond donors (Lipinski definition) is 2. The van der Waals surface area contributed by atoms with Crippen LogP contribution in [0.5, 0.6) is 0 Å². The predicted octanol–water partition coefficient (Wildman–Crippen LogP) is 2.82. The largest absolute Gasteiger partial charge is 0.417 e. The van der Waals surface area contributed by atoms with Crippen LogP contribution < -0.4 is 16.4 Å². The van der Waals surface area contributed by atoms with Crippen molar-refractivity contribution in [3.63, 3.8) is 0 Å². The maximum absolute atomic E-state index is 11.3. The van der Waals surface area contributed by atoms with E-state index in [-0.39, 0.29) is 0 Å². The van der Waals surface area contributed by atoms with Gasteiger partial charge in [0, 0.05) is 19.2 Å². The summed E-state index contributed by atoms with van der Waals surface area (Å²) < 4.78 is 5.04. The van der Waals surface area contributed by atoms with Crippen molar-refractivity contribution in [2.45, 2.75) is 27.7 Å². The van der Waals surface area contributed by atoms with Crippen LogP contribution in [0.15, 0.2) is 21.3 Å². The number of hydrogen-bond acceptors (Lipinski definition) is 4. The molecule has 0 unspecified atom stereocenters. The lowest BCUT2D eigenvalue weighted by Gasteiger charge is -2.29. The molecule has 3 N–H and O–H groups in total. The first-order chi connectivity index (χ1) is 9.36. The van der Waals surface area contributed by atoms with Gasteiger partial charge in [-0.05, 0) is 17.9 Å². The van der Waals surface area contributed by atoms with Crippen LogP contribution in [-0.2, 0) is 0 Å². The zero-order valence-corrected chi connectivity index (χ0v) is 12.6. The third kappa shape index (κ3) is 3.15. The number of rotatable bonds is 5. The maximum Gasteiger partial charge on any atom is 0.417 e. The van der Waals surface area contributed by atoms with Gasteiger partial charge in [0.1, 0.15) is 0 Å². The topological polar surface area (TPSA) is 75.3 Å². The van der Waals surface area contributed by atoms with Gasteiger partial charge < -0.3 is 15.1 Å². The van der Waals surface area contributed by atoms with Gasteiger partial charge in [-0.3, -0.25) is 4.98 Å². The molecule has 20 heavy (non-hydrogen) atoms. The lowest BCUT2D eigenvalue weighted by molar-refractivity contribution is 0.552. The third-order valence-corrected chi connectivity index (χ3v) is 3.08. The molecule has 2 rings (SSSR count). The summed E-state index contributed by atoms with van der Waals surface area (Å²) in [5.74, 6) is 0.621. The highest BCUT2D eigenvalue weighted by molar-refractivity contribution is 5.85. The quantitative estimate of drug-likeness (QED) is 0.824. The number of aromatic amines is 1. The first-order valence-corrected chi connectivity index (χ1v) is 7.04. The van der Waals surface area contributed by atoms with Crippen LogP contribution in [0.1, 0.15) is 27.7 Å². The smallest absolute Gasteiger partial charge is 0.408 e. The number of nitrogens with one attached hydrogen (secondary N) is 1. The lowest BCUT2D eigenvalue weighted by Crippen LogP contribution is -2.31. The second-order valence-corrected chi connectivity index (χ2v) is 6.11. The Morgan fingerprint density at radius 1 is 1.20 bits per heavy atom. The molecule has 0 saturated heterocycles. The van der Waals surface area contributed by atoms with Crippen LogP contribution in [0.25, 0.3) is 11.1 Å². The summed E-state index contributed by atoms with van der Waals surface area (Å²) in [6.45, 7) is 10.6. The average Bonchev–Trinajstić information content (AvgIpc) is 2.65. The highest BCUT2D eigenvalue weighted by Crippen LogP contribution is 2.29. The van der Waals surface area contributed by atoms with Gasteiger partial charge in [0.05, 0.1) is 16.9 Å². The molecule has 0 fully saturated rings. The molecule has 1 aromatic heterocycles. The van der Waals surface area contributed by atoms with E-state index in [2.05, 4.69) is 37.6 Å². The van der Waals surface area contributed by atoms with Crippen molar-refractivity contribution in [2.24, 2.45) is 11.8 Å². The number of anilines is 2. The fourth-order valence-corrected chi connectivity index (χ4v) is 2.43. The van der Waals surface area contributed by atoms with E-state index in [1.165, 1.54) is 0 Å². The zero-order valence-electron chi connectivity index (χ0n) is 12.6. The van der Waals surface area contributed by atoms with E-state index in [4.69, 9.17) is 10.2 Å². The molecule has 1 aromatic carbocycles. The first-order valence-electron chi connectivity index (χ1n) is 7.04. The second kappa shape index (κ2) is 5.61. The minimum Gasteiger partial charge on any atom is -0.408 e. The van der Waals surface area contributed by atoms with Crippen LogP contribution in [0.3, 0.4) is 0 Å². The van der Waals surface area contributed by atoms with Gasteiger partial charge >= 0.3 is 5.76 Å². The third-order valence-electron chi connectivity index (χ3n) is 3.08. The van der Waals surface area contributed by atoms with Crippen LogP contribution in [-0.4, -0.2) is 18.1 Å². The zero-order chi connectivity index (χ0) is 14.9. The van der Waals surface area contributed by atoms with Gasteiger partial charge in [-0.1, -0.05) is 27.7 Å². The van der Waals surface area contributed by atoms with E-state index in [0.29, 0.717) is 28.6 Å². The molecule has 0 saturated carbocycles. The summed E-state index contributed by atoms with van der Waals surface area (Å²) in [6.07, 6.45) is 0. The highest BCUT2D eigenvalue weighted by Gasteiger charge is 2.15. The molecule has 0 aliphatic rings. The van der Waals surface area contributed by atoms with E-state index >= 15 is 0 Å². The Kier molecular flexibility index (Phi) is 4.06. The molecule has 0 spiro atoms. The second-order valence-electron chi connectivity index (χ2n) is 6.11. The Labute approximate surface area is 118 Å². The number of nitrogens with two attached hydrogens (primary N) is 1. The number of nitrogens with zero attached hydrogens (tertiary/aromatic N) is 1. The normalized spacial score (nSPS) is 11.7. The highest BCUT2D eigenvalue weighted by atomic mass is 16.4. The molecule has 0 amide bonds. The van der Waals surface area contributed by atoms with Gasteiger partial charge in [-0.2, -0.15) is 0 Å². The summed E-state index contributed by atoms with van der Waals surface area (Å²) in [6, 6.07) is 3.62. The molecular formula is C15H23N3O2. The molecule has 1 heterocycles. The molecule has 0 aliphatic heterocycles. The first kappa shape index (κ1) is 14.5. The van der Waals surface area contributed by atoms with Crippen molar-refractivity contribution >= 4 is 22.5 Å². The fourth-order valence-electron chi connectivity index (χ4n) is 2.43. The molecular weight excluding hydrogens is 254 g/mol. The van der Waals surface area contributed by atoms with E-state index < -0.39 is 5.76 Å². The number of oxazole rings is 1. The van der Waals surface area contributed by atoms with Crippen molar-refractivity contribution in [3.8, 4) is 0 Å². The van der Waals surface area contributed by atoms with Gasteiger partial charge in [0.25, 0.3) is 0 Å². The number of nitrogen functional groups attached to an aromatic ring is 1. The lowest BCUT2D eigenvalue weighted by atomic mass is 10.1. The van der Waals surface area contributed by atoms with Crippen LogP contribution in [0.2, 0.25) is 0 Å². The molecule has 0 radical (unpaired) electrons. The minimum atomic E-state index is -0.448. The Hall–Kier alpha value is -1.91. The average molecular weight is 277 g/mol. The SMILES string of the molecule is CC(C)CN(CC(C)C)c1cc2[nH]c(=O)oc2cc1N. The fraction of sp³-hybridized carbons (Fsp3) is 0.533. The summed E-state index contributed by atoms with van der Waals surface area (Å²) in [7, 11) is 0. The summed E-state index contributed by atoms with van der Waals surface area (Å²) in [4.78, 5) is 16.2. The Balaban J connectivity index is 2.45. The molecule has 0 aliphatic carbocycles. The van der Waals surface area contributed by atoms with Crippen molar-refractivity contribution in [2.75, 3.05) is 23.7 Å². The van der Waals surface area contributed by atoms with Gasteiger partial charge in [0.15, 0.2) is 5.58 Å². The predicted molar refractivity (Wildman–Crippen MR) is 83.1 cm³/mol. The van der Waals surface area contributed by atoms with E-state index in [1.54, 1.807) is 6.07 Å². The van der Waals surface area contributed by atoms with Crippen molar-refractivity contribution < 1.29 is 4.42 Å². The molecule has 2 aromatic rings. The van der Waals surface area contributed by atoms with Gasteiger partial charge in [0.2, 0.25) is 0 Å². The van der Waals surface area contributed by atoms with E-state index in [0.717, 1.165) is 18.8 Å². The van der Waals surface area contributed by atoms with Crippen LogP contribution in [0.4, 0.5) is 11.4 Å². The Morgan fingerprint density at radius 2 is 1.80 bits per heavy atom. The van der Waals surface area contributed by atoms with Gasteiger partial charge in [-0.15, -0.1) is 0 Å². The molecule has 110 valence electrons. The van der Waals surface area contributed by atoms with Crippen molar-refractivity contribution in [1.29, 1.82) is 0 Å². The Morgan fingerprint density at radius 3 is 2.35 bits per heavy atom. The summed E-state index contributed by atoms with van der Waals surface area (Å²) >= 11 is 0. The molecule has 0 atom stereocenters. The molecule has 5 nitrogen and oxygen atoms in total. The molecule has 5 heteroatoms. The van der Waals surface area contributed by atoms with E-state index in [9.17, 15) is 4.79 Å². The summed E-state index contributed by atoms with van der Waals surface area (Å²) in [5, 5.41) is 0. The number of H-pyrrole nitrogens is 1. The minimum absolute atomic E-state index is 0.448. The van der Waals surface area contributed by atoms with Crippen molar-refractivity contribution in [3.05, 3.63) is 22.7 Å². The number of fused-ring (bicyclic) bond motifs is 1.